The Morgan fingerprint density at radius 2 is 2.33 bits per heavy atom. The smallest absolute Gasteiger partial charge is 0.274 e. The number of carbonyl (C=O) groups is 1. The zero-order valence-electron chi connectivity index (χ0n) is 8.19. The van der Waals surface area contributed by atoms with Gasteiger partial charge in [-0.15, -0.1) is 0 Å². The lowest BCUT2D eigenvalue weighted by atomic mass is 10.3. The summed E-state index contributed by atoms with van der Waals surface area (Å²) < 4.78 is 0. The third-order valence-corrected chi connectivity index (χ3v) is 1.98. The van der Waals surface area contributed by atoms with Crippen LogP contribution in [0.3, 0.4) is 0 Å². The summed E-state index contributed by atoms with van der Waals surface area (Å²) in [6.07, 6.45) is 3.15. The maximum atomic E-state index is 11.6. The minimum Gasteiger partial charge on any atom is -0.318 e. The standard InChI is InChI=1S/C10H10N4O/c1-7-9(6-12-14-7)13-10(15)8-4-2-3-5-11-8/h2-6H,1H3,(H,12,14)(H,13,15). The van der Waals surface area contributed by atoms with Gasteiger partial charge in [-0.1, -0.05) is 6.07 Å². The number of aryl methyl sites for hydroxylation is 1. The molecular weight excluding hydrogens is 192 g/mol. The highest BCUT2D eigenvalue weighted by molar-refractivity contribution is 6.02. The summed E-state index contributed by atoms with van der Waals surface area (Å²) in [6.45, 7) is 1.83. The number of amides is 1. The first-order valence-corrected chi connectivity index (χ1v) is 4.50. The van der Waals surface area contributed by atoms with E-state index in [1.807, 2.05) is 6.92 Å². The van der Waals surface area contributed by atoms with Crippen LogP contribution in [0.4, 0.5) is 5.69 Å². The van der Waals surface area contributed by atoms with Crippen molar-refractivity contribution in [3.8, 4) is 0 Å². The molecule has 5 heteroatoms. The van der Waals surface area contributed by atoms with E-state index < -0.39 is 0 Å². The van der Waals surface area contributed by atoms with Gasteiger partial charge in [-0.25, -0.2) is 0 Å². The van der Waals surface area contributed by atoms with Gasteiger partial charge >= 0.3 is 0 Å². The fraction of sp³-hybridized carbons (Fsp3) is 0.100. The Morgan fingerprint density at radius 3 is 2.93 bits per heavy atom. The lowest BCUT2D eigenvalue weighted by Gasteiger charge is -2.01. The quantitative estimate of drug-likeness (QED) is 0.772. The van der Waals surface area contributed by atoms with Crippen LogP contribution in [0.25, 0.3) is 0 Å². The molecule has 15 heavy (non-hydrogen) atoms. The number of aromatic nitrogens is 3. The first-order valence-electron chi connectivity index (χ1n) is 4.50. The van der Waals surface area contributed by atoms with Gasteiger partial charge in [0.05, 0.1) is 17.6 Å². The van der Waals surface area contributed by atoms with E-state index in [-0.39, 0.29) is 5.91 Å². The molecule has 2 aromatic rings. The van der Waals surface area contributed by atoms with Crippen LogP contribution < -0.4 is 5.32 Å². The molecule has 2 rings (SSSR count). The van der Waals surface area contributed by atoms with Crippen LogP contribution in [0.5, 0.6) is 0 Å². The summed E-state index contributed by atoms with van der Waals surface area (Å²) in [4.78, 5) is 15.6. The molecule has 0 saturated carbocycles. The van der Waals surface area contributed by atoms with E-state index >= 15 is 0 Å². The van der Waals surface area contributed by atoms with E-state index in [0.717, 1.165) is 5.69 Å². The van der Waals surface area contributed by atoms with Crippen molar-refractivity contribution < 1.29 is 4.79 Å². The monoisotopic (exact) mass is 202 g/mol. The van der Waals surface area contributed by atoms with Gasteiger partial charge in [-0.05, 0) is 19.1 Å². The maximum Gasteiger partial charge on any atom is 0.274 e. The number of aromatic amines is 1. The van der Waals surface area contributed by atoms with Crippen LogP contribution in [0.2, 0.25) is 0 Å². The molecule has 2 aromatic heterocycles. The molecule has 2 heterocycles. The molecule has 0 fully saturated rings. The van der Waals surface area contributed by atoms with Crippen molar-refractivity contribution in [1.82, 2.24) is 15.2 Å². The number of nitrogens with one attached hydrogen (secondary N) is 2. The average Bonchev–Trinajstić information content (AvgIpc) is 2.66. The number of hydrogen-bond donors (Lipinski definition) is 2. The lowest BCUT2D eigenvalue weighted by Crippen LogP contribution is -2.13. The molecular formula is C10H10N4O. The van der Waals surface area contributed by atoms with Gasteiger partial charge in [-0.3, -0.25) is 14.9 Å². The Kier molecular flexibility index (Phi) is 2.45. The van der Waals surface area contributed by atoms with Crippen molar-refractivity contribution in [2.45, 2.75) is 6.92 Å². The summed E-state index contributed by atoms with van der Waals surface area (Å²) in [5.74, 6) is -0.236. The highest BCUT2D eigenvalue weighted by atomic mass is 16.1. The van der Waals surface area contributed by atoms with E-state index in [2.05, 4.69) is 20.5 Å². The maximum absolute atomic E-state index is 11.6. The molecule has 0 bridgehead atoms. The zero-order valence-corrected chi connectivity index (χ0v) is 8.19. The van der Waals surface area contributed by atoms with Crippen molar-refractivity contribution >= 4 is 11.6 Å². The number of hydrogen-bond acceptors (Lipinski definition) is 3. The average molecular weight is 202 g/mol. The zero-order chi connectivity index (χ0) is 10.7. The molecule has 76 valence electrons. The fourth-order valence-corrected chi connectivity index (χ4v) is 1.16. The molecule has 0 aromatic carbocycles. The number of carbonyl (C=O) groups excluding carboxylic acids is 1. The number of pyridine rings is 1. The van der Waals surface area contributed by atoms with Crippen LogP contribution in [-0.4, -0.2) is 21.1 Å². The summed E-state index contributed by atoms with van der Waals surface area (Å²) in [5.41, 5.74) is 1.88. The van der Waals surface area contributed by atoms with Gasteiger partial charge in [0.2, 0.25) is 0 Å². The highest BCUT2D eigenvalue weighted by Gasteiger charge is 2.08. The fourth-order valence-electron chi connectivity index (χ4n) is 1.16. The number of rotatable bonds is 2. The topological polar surface area (TPSA) is 70.7 Å². The molecule has 0 aliphatic rings. The molecule has 5 nitrogen and oxygen atoms in total. The summed E-state index contributed by atoms with van der Waals surface area (Å²) in [7, 11) is 0. The third-order valence-electron chi connectivity index (χ3n) is 1.98. The summed E-state index contributed by atoms with van der Waals surface area (Å²) in [6, 6.07) is 5.19. The molecule has 0 spiro atoms. The molecule has 0 radical (unpaired) electrons. The molecule has 0 atom stereocenters. The van der Waals surface area contributed by atoms with Gasteiger partial charge in [-0.2, -0.15) is 5.10 Å². The van der Waals surface area contributed by atoms with Crippen molar-refractivity contribution in [1.29, 1.82) is 0 Å². The second-order valence-corrected chi connectivity index (χ2v) is 3.08. The van der Waals surface area contributed by atoms with Crippen LogP contribution in [-0.2, 0) is 0 Å². The number of nitrogens with zero attached hydrogens (tertiary/aromatic N) is 2. The summed E-state index contributed by atoms with van der Waals surface area (Å²) >= 11 is 0. The molecule has 0 saturated heterocycles. The minimum absolute atomic E-state index is 0.236. The number of H-pyrrole nitrogens is 1. The van der Waals surface area contributed by atoms with E-state index in [4.69, 9.17) is 0 Å². The first-order chi connectivity index (χ1) is 7.27. The van der Waals surface area contributed by atoms with Gasteiger partial charge < -0.3 is 5.32 Å². The predicted octanol–water partition coefficient (Wildman–Crippen LogP) is 1.37. The lowest BCUT2D eigenvalue weighted by molar-refractivity contribution is 0.102. The van der Waals surface area contributed by atoms with Crippen molar-refractivity contribution in [2.75, 3.05) is 5.32 Å². The SMILES string of the molecule is Cc1[nH]ncc1NC(=O)c1ccccn1. The normalized spacial score (nSPS) is 9.93. The summed E-state index contributed by atoms with van der Waals surface area (Å²) in [5, 5.41) is 9.26. The molecule has 0 unspecified atom stereocenters. The Hall–Kier alpha value is -2.17. The Morgan fingerprint density at radius 1 is 1.47 bits per heavy atom. The van der Waals surface area contributed by atoms with E-state index in [9.17, 15) is 4.79 Å². The van der Waals surface area contributed by atoms with E-state index in [1.54, 1.807) is 30.6 Å². The largest absolute Gasteiger partial charge is 0.318 e. The van der Waals surface area contributed by atoms with E-state index in [0.29, 0.717) is 11.4 Å². The first kappa shape index (κ1) is 9.39. The van der Waals surface area contributed by atoms with E-state index in [1.165, 1.54) is 0 Å². The van der Waals surface area contributed by atoms with Gasteiger partial charge in [0, 0.05) is 6.20 Å². The highest BCUT2D eigenvalue weighted by Crippen LogP contribution is 2.10. The minimum atomic E-state index is -0.236. The Balaban J connectivity index is 2.15. The van der Waals surface area contributed by atoms with Crippen LogP contribution in [0, 0.1) is 6.92 Å². The van der Waals surface area contributed by atoms with Crippen LogP contribution in [0.1, 0.15) is 16.2 Å². The molecule has 2 N–H and O–H groups in total. The van der Waals surface area contributed by atoms with Crippen molar-refractivity contribution in [3.63, 3.8) is 0 Å². The predicted molar refractivity (Wildman–Crippen MR) is 55.5 cm³/mol. The Labute approximate surface area is 86.5 Å². The Bertz CT molecular complexity index is 463. The van der Waals surface area contributed by atoms with Crippen LogP contribution >= 0.6 is 0 Å². The van der Waals surface area contributed by atoms with Gasteiger partial charge in [0.1, 0.15) is 5.69 Å². The van der Waals surface area contributed by atoms with Crippen LogP contribution in [0.15, 0.2) is 30.6 Å². The van der Waals surface area contributed by atoms with Crippen molar-refractivity contribution in [2.24, 2.45) is 0 Å². The number of anilines is 1. The van der Waals surface area contributed by atoms with Gasteiger partial charge in [0.25, 0.3) is 5.91 Å². The second-order valence-electron chi connectivity index (χ2n) is 3.08. The molecule has 1 amide bonds. The van der Waals surface area contributed by atoms with Gasteiger partial charge in [0.15, 0.2) is 0 Å². The molecule has 0 aliphatic carbocycles. The second kappa shape index (κ2) is 3.91. The van der Waals surface area contributed by atoms with Crippen molar-refractivity contribution in [3.05, 3.63) is 42.0 Å². The third kappa shape index (κ3) is 2.01. The molecule has 0 aliphatic heterocycles.